The third-order valence-corrected chi connectivity index (χ3v) is 6.19. The molecule has 0 radical (unpaired) electrons. The Morgan fingerprint density at radius 3 is 2.52 bits per heavy atom. The van der Waals surface area contributed by atoms with Gasteiger partial charge in [0.1, 0.15) is 4.99 Å². The van der Waals surface area contributed by atoms with Crippen molar-refractivity contribution in [2.75, 3.05) is 6.54 Å². The highest BCUT2D eigenvalue weighted by molar-refractivity contribution is 7.88. The second kappa shape index (κ2) is 6.85. The van der Waals surface area contributed by atoms with Crippen molar-refractivity contribution < 1.29 is 8.42 Å². The molecule has 0 aliphatic heterocycles. The molecule has 0 heterocycles. The van der Waals surface area contributed by atoms with Crippen LogP contribution < -0.4 is 5.73 Å². The summed E-state index contributed by atoms with van der Waals surface area (Å²) in [6.45, 7) is 2.41. The van der Waals surface area contributed by atoms with Gasteiger partial charge in [-0.1, -0.05) is 56.2 Å². The van der Waals surface area contributed by atoms with Crippen molar-refractivity contribution in [3.8, 4) is 0 Å². The van der Waals surface area contributed by atoms with E-state index >= 15 is 0 Å². The topological polar surface area (TPSA) is 63.4 Å². The highest BCUT2D eigenvalue weighted by atomic mass is 32.2. The van der Waals surface area contributed by atoms with E-state index in [0.29, 0.717) is 17.7 Å². The zero-order valence-electron chi connectivity index (χ0n) is 12.3. The molecule has 0 saturated heterocycles. The van der Waals surface area contributed by atoms with Crippen molar-refractivity contribution in [2.24, 2.45) is 5.73 Å². The molecule has 2 N–H and O–H groups in total. The van der Waals surface area contributed by atoms with Gasteiger partial charge in [-0.25, -0.2) is 8.42 Å². The Kier molecular flexibility index (Phi) is 5.35. The summed E-state index contributed by atoms with van der Waals surface area (Å²) in [7, 11) is -3.35. The minimum absolute atomic E-state index is 0.0369. The lowest BCUT2D eigenvalue weighted by molar-refractivity contribution is 0.335. The molecule has 0 atom stereocenters. The van der Waals surface area contributed by atoms with Crippen molar-refractivity contribution in [1.82, 2.24) is 4.31 Å². The average molecular weight is 326 g/mol. The number of nitrogens with zero attached hydrogens (tertiary/aromatic N) is 1. The Morgan fingerprint density at radius 2 is 1.95 bits per heavy atom. The first-order valence-electron chi connectivity index (χ1n) is 7.33. The van der Waals surface area contributed by atoms with E-state index in [-0.39, 0.29) is 16.8 Å². The van der Waals surface area contributed by atoms with Gasteiger partial charge in [0.2, 0.25) is 10.0 Å². The highest BCUT2D eigenvalue weighted by Crippen LogP contribution is 2.27. The van der Waals surface area contributed by atoms with E-state index in [2.05, 4.69) is 0 Å². The normalized spacial score (nSPS) is 16.5. The lowest BCUT2D eigenvalue weighted by Crippen LogP contribution is -2.39. The van der Waals surface area contributed by atoms with E-state index < -0.39 is 10.0 Å². The maximum absolute atomic E-state index is 12.7. The fraction of sp³-hybridized carbons (Fsp3) is 0.533. The molecule has 116 valence electrons. The van der Waals surface area contributed by atoms with Gasteiger partial charge in [0, 0.05) is 18.2 Å². The highest BCUT2D eigenvalue weighted by Gasteiger charge is 2.31. The van der Waals surface area contributed by atoms with Gasteiger partial charge in [0.05, 0.1) is 5.75 Å². The molecular formula is C15H22N2O2S2. The van der Waals surface area contributed by atoms with Crippen molar-refractivity contribution in [3.63, 3.8) is 0 Å². The number of nitrogens with two attached hydrogens (primary N) is 1. The van der Waals surface area contributed by atoms with Gasteiger partial charge in [0.15, 0.2) is 0 Å². The van der Waals surface area contributed by atoms with Crippen molar-refractivity contribution >= 4 is 27.2 Å². The maximum atomic E-state index is 12.7. The summed E-state index contributed by atoms with van der Waals surface area (Å²) in [6.07, 6.45) is 4.15. The van der Waals surface area contributed by atoms with Crippen LogP contribution >= 0.6 is 12.2 Å². The zero-order valence-corrected chi connectivity index (χ0v) is 13.9. The Bertz CT molecular complexity index is 608. The van der Waals surface area contributed by atoms with Crippen LogP contribution in [0, 0.1) is 0 Å². The van der Waals surface area contributed by atoms with Crippen LogP contribution in [0.5, 0.6) is 0 Å². The largest absolute Gasteiger partial charge is 0.389 e. The van der Waals surface area contributed by atoms with Crippen LogP contribution in [0.2, 0.25) is 0 Å². The SMILES string of the molecule is CCN(C1CCCC1)S(=O)(=O)Cc1ccccc1C(N)=S. The molecule has 1 aromatic rings. The molecule has 1 aliphatic rings. The van der Waals surface area contributed by atoms with Crippen LogP contribution in [0.3, 0.4) is 0 Å². The number of hydrogen-bond acceptors (Lipinski definition) is 3. The quantitative estimate of drug-likeness (QED) is 0.816. The third-order valence-electron chi connectivity index (χ3n) is 4.02. The van der Waals surface area contributed by atoms with Gasteiger partial charge in [-0.3, -0.25) is 0 Å². The third kappa shape index (κ3) is 3.81. The monoisotopic (exact) mass is 326 g/mol. The van der Waals surface area contributed by atoms with Gasteiger partial charge in [-0.2, -0.15) is 4.31 Å². The molecule has 0 amide bonds. The van der Waals surface area contributed by atoms with Crippen LogP contribution in [0.1, 0.15) is 43.7 Å². The smallest absolute Gasteiger partial charge is 0.218 e. The van der Waals surface area contributed by atoms with Crippen LogP contribution in [0.25, 0.3) is 0 Å². The maximum Gasteiger partial charge on any atom is 0.218 e. The predicted octanol–water partition coefficient (Wildman–Crippen LogP) is 2.42. The number of rotatable bonds is 6. The fourth-order valence-electron chi connectivity index (χ4n) is 3.04. The van der Waals surface area contributed by atoms with Gasteiger partial charge in [-0.15, -0.1) is 0 Å². The van der Waals surface area contributed by atoms with E-state index in [1.165, 1.54) is 0 Å². The van der Waals surface area contributed by atoms with Gasteiger partial charge in [0.25, 0.3) is 0 Å². The molecule has 2 rings (SSSR count). The van der Waals surface area contributed by atoms with Gasteiger partial charge < -0.3 is 5.73 Å². The lowest BCUT2D eigenvalue weighted by atomic mass is 10.1. The molecule has 1 saturated carbocycles. The molecule has 0 unspecified atom stereocenters. The minimum Gasteiger partial charge on any atom is -0.389 e. The molecular weight excluding hydrogens is 304 g/mol. The van der Waals surface area contributed by atoms with Crippen molar-refractivity contribution in [1.29, 1.82) is 0 Å². The summed E-state index contributed by atoms with van der Waals surface area (Å²) in [5, 5.41) is 0. The molecule has 0 spiro atoms. The summed E-state index contributed by atoms with van der Waals surface area (Å²) in [6, 6.07) is 7.35. The predicted molar refractivity (Wildman–Crippen MR) is 89.6 cm³/mol. The second-order valence-corrected chi connectivity index (χ2v) is 7.78. The number of benzene rings is 1. The van der Waals surface area contributed by atoms with Crippen LogP contribution in [0.15, 0.2) is 24.3 Å². The molecule has 21 heavy (non-hydrogen) atoms. The van der Waals surface area contributed by atoms with Gasteiger partial charge >= 0.3 is 0 Å². The first-order valence-corrected chi connectivity index (χ1v) is 9.34. The number of sulfonamides is 1. The summed E-state index contributed by atoms with van der Waals surface area (Å²) in [5.41, 5.74) is 7.02. The van der Waals surface area contributed by atoms with E-state index in [9.17, 15) is 8.42 Å². The molecule has 0 bridgehead atoms. The summed E-state index contributed by atoms with van der Waals surface area (Å²) >= 11 is 5.01. The molecule has 1 fully saturated rings. The Morgan fingerprint density at radius 1 is 1.33 bits per heavy atom. The second-order valence-electron chi connectivity index (χ2n) is 5.42. The van der Waals surface area contributed by atoms with Crippen LogP contribution in [0.4, 0.5) is 0 Å². The minimum atomic E-state index is -3.35. The van der Waals surface area contributed by atoms with Crippen LogP contribution in [-0.2, 0) is 15.8 Å². The fourth-order valence-corrected chi connectivity index (χ4v) is 5.11. The standard InChI is InChI=1S/C15H22N2O2S2/c1-2-17(13-8-4-5-9-13)21(18,19)11-12-7-3-6-10-14(12)15(16)20/h3,6-7,10,13H,2,4-5,8-9,11H2,1H3,(H2,16,20). The molecule has 6 heteroatoms. The summed E-state index contributed by atoms with van der Waals surface area (Å²) in [5.74, 6) is -0.0369. The lowest BCUT2D eigenvalue weighted by Gasteiger charge is -2.27. The number of hydrogen-bond donors (Lipinski definition) is 1. The van der Waals surface area contributed by atoms with E-state index in [1.807, 2.05) is 19.1 Å². The Balaban J connectivity index is 2.26. The van der Waals surface area contributed by atoms with Crippen molar-refractivity contribution in [2.45, 2.75) is 44.4 Å². The zero-order chi connectivity index (χ0) is 15.5. The molecule has 0 aromatic heterocycles. The first kappa shape index (κ1) is 16.4. The molecule has 4 nitrogen and oxygen atoms in total. The molecule has 1 aliphatic carbocycles. The summed E-state index contributed by atoms with van der Waals surface area (Å²) < 4.78 is 27.1. The van der Waals surface area contributed by atoms with E-state index in [0.717, 1.165) is 25.7 Å². The Labute approximate surface area is 132 Å². The summed E-state index contributed by atoms with van der Waals surface area (Å²) in [4.78, 5) is 0.240. The van der Waals surface area contributed by atoms with Crippen molar-refractivity contribution in [3.05, 3.63) is 35.4 Å². The van der Waals surface area contributed by atoms with E-state index in [4.69, 9.17) is 18.0 Å². The Hall–Kier alpha value is -0.980. The van der Waals surface area contributed by atoms with Gasteiger partial charge in [-0.05, 0) is 18.4 Å². The molecule has 1 aromatic carbocycles. The van der Waals surface area contributed by atoms with E-state index in [1.54, 1.807) is 16.4 Å². The first-order chi connectivity index (χ1) is 9.95. The number of thiocarbonyl (C=S) groups is 1. The van der Waals surface area contributed by atoms with Crippen LogP contribution in [-0.4, -0.2) is 30.3 Å². The average Bonchev–Trinajstić information content (AvgIpc) is 2.92.